The molecule has 5 heteroatoms. The number of benzene rings is 2. The van der Waals surface area contributed by atoms with E-state index in [0.29, 0.717) is 30.0 Å². The van der Waals surface area contributed by atoms with E-state index < -0.39 is 0 Å². The topological polar surface area (TPSA) is 45.1 Å². The number of nitrogens with zero attached hydrogens (tertiary/aromatic N) is 3. The average molecular weight is 414 g/mol. The van der Waals surface area contributed by atoms with E-state index in [1.165, 1.54) is 36.1 Å². The molecule has 3 aliphatic rings. The molecule has 3 unspecified atom stereocenters. The van der Waals surface area contributed by atoms with Crippen LogP contribution in [-0.4, -0.2) is 39.6 Å². The first-order chi connectivity index (χ1) is 15.4. The van der Waals surface area contributed by atoms with Crippen LogP contribution in [-0.2, 0) is 6.54 Å². The van der Waals surface area contributed by atoms with Crippen LogP contribution in [0.25, 0.3) is 0 Å². The Morgan fingerprint density at radius 2 is 1.61 bits per heavy atom. The first-order valence-electron chi connectivity index (χ1n) is 11.7. The third-order valence-corrected chi connectivity index (χ3v) is 7.39. The molecule has 3 fully saturated rings. The first kappa shape index (κ1) is 19.2. The Labute approximate surface area is 184 Å². The predicted molar refractivity (Wildman–Crippen MR) is 122 cm³/mol. The molecule has 5 nitrogen and oxygen atoms in total. The van der Waals surface area contributed by atoms with Gasteiger partial charge >= 0.3 is 0 Å². The Hall–Kier alpha value is -2.47. The van der Waals surface area contributed by atoms with Crippen LogP contribution < -0.4 is 10.9 Å². The number of rotatable bonds is 6. The van der Waals surface area contributed by atoms with Gasteiger partial charge in [0.25, 0.3) is 0 Å². The molecule has 0 spiro atoms. The molecule has 0 radical (unpaired) electrons. The minimum atomic E-state index is 0.335. The van der Waals surface area contributed by atoms with Gasteiger partial charge in [-0.2, -0.15) is 0 Å². The van der Waals surface area contributed by atoms with E-state index in [2.05, 4.69) is 92.2 Å². The van der Waals surface area contributed by atoms with Crippen molar-refractivity contribution in [1.82, 2.24) is 25.3 Å². The third-order valence-electron chi connectivity index (χ3n) is 7.39. The summed E-state index contributed by atoms with van der Waals surface area (Å²) in [6.07, 6.45) is 7.90. The highest BCUT2D eigenvalue weighted by molar-refractivity contribution is 5.35. The fourth-order valence-corrected chi connectivity index (χ4v) is 5.67. The van der Waals surface area contributed by atoms with Crippen LogP contribution in [0.2, 0.25) is 0 Å². The molecule has 0 amide bonds. The summed E-state index contributed by atoms with van der Waals surface area (Å²) < 4.78 is 2.41. The molecular weight excluding hydrogens is 382 g/mol. The van der Waals surface area contributed by atoms with E-state index in [1.807, 2.05) is 6.33 Å². The summed E-state index contributed by atoms with van der Waals surface area (Å²) in [5.74, 6) is 0.901. The first-order valence-corrected chi connectivity index (χ1v) is 11.7. The van der Waals surface area contributed by atoms with Gasteiger partial charge in [-0.25, -0.2) is 4.98 Å². The highest BCUT2D eigenvalue weighted by atomic mass is 15.4. The molecule has 2 N–H and O–H groups in total. The predicted octanol–water partition coefficient (Wildman–Crippen LogP) is 3.72. The van der Waals surface area contributed by atoms with E-state index in [-0.39, 0.29) is 0 Å². The maximum absolute atomic E-state index is 4.45. The highest BCUT2D eigenvalue weighted by Crippen LogP contribution is 2.38. The van der Waals surface area contributed by atoms with Crippen molar-refractivity contribution in [2.45, 2.75) is 49.9 Å². The number of fused-ring (bicyclic) bond motifs is 1. The minimum Gasteiger partial charge on any atom is -0.330 e. The van der Waals surface area contributed by atoms with Crippen LogP contribution in [0, 0.1) is 5.92 Å². The van der Waals surface area contributed by atoms with Crippen LogP contribution in [0.4, 0.5) is 0 Å². The van der Waals surface area contributed by atoms with Crippen LogP contribution in [0.3, 0.4) is 0 Å². The number of piperidine rings is 1. The summed E-state index contributed by atoms with van der Waals surface area (Å²) in [6.45, 7) is 3.26. The van der Waals surface area contributed by atoms with Gasteiger partial charge < -0.3 is 4.57 Å². The molecule has 1 aliphatic carbocycles. The average Bonchev–Trinajstić information content (AvgIpc) is 3.43. The van der Waals surface area contributed by atoms with Gasteiger partial charge in [0.1, 0.15) is 0 Å². The zero-order valence-electron chi connectivity index (χ0n) is 17.9. The van der Waals surface area contributed by atoms with Crippen molar-refractivity contribution in [2.75, 3.05) is 13.1 Å². The lowest BCUT2D eigenvalue weighted by Crippen LogP contribution is -2.47. The summed E-state index contributed by atoms with van der Waals surface area (Å²) in [5, 5.41) is 0. The van der Waals surface area contributed by atoms with Gasteiger partial charge in [0, 0.05) is 55.8 Å². The molecule has 1 aromatic heterocycles. The molecule has 3 atom stereocenters. The van der Waals surface area contributed by atoms with E-state index in [1.54, 1.807) is 0 Å². The summed E-state index contributed by atoms with van der Waals surface area (Å²) in [4.78, 5) is 7.09. The van der Waals surface area contributed by atoms with Crippen molar-refractivity contribution >= 4 is 0 Å². The number of aromatic nitrogens is 2. The van der Waals surface area contributed by atoms with E-state index >= 15 is 0 Å². The molecule has 160 valence electrons. The Bertz CT molecular complexity index is 957. The molecule has 3 aromatic rings. The second kappa shape index (κ2) is 8.23. The number of hydrogen-bond donors (Lipinski definition) is 2. The quantitative estimate of drug-likeness (QED) is 0.647. The lowest BCUT2D eigenvalue weighted by molar-refractivity contribution is 0.142. The zero-order chi connectivity index (χ0) is 20.6. The summed E-state index contributed by atoms with van der Waals surface area (Å²) in [6, 6.07) is 23.6. The largest absolute Gasteiger partial charge is 0.330 e. The molecule has 2 aliphatic heterocycles. The third kappa shape index (κ3) is 3.82. The van der Waals surface area contributed by atoms with Crippen molar-refractivity contribution in [1.29, 1.82) is 0 Å². The number of likely N-dealkylation sites (tertiary alicyclic amines) is 1. The summed E-state index contributed by atoms with van der Waals surface area (Å²) in [5.41, 5.74) is 11.5. The highest BCUT2D eigenvalue weighted by Gasteiger charge is 2.44. The van der Waals surface area contributed by atoms with Crippen molar-refractivity contribution < 1.29 is 0 Å². The molecule has 1 saturated carbocycles. The van der Waals surface area contributed by atoms with Crippen LogP contribution in [0.5, 0.6) is 0 Å². The molecule has 3 heterocycles. The summed E-state index contributed by atoms with van der Waals surface area (Å²) >= 11 is 0. The molecule has 0 bridgehead atoms. The number of hydrogen-bond acceptors (Lipinski definition) is 4. The van der Waals surface area contributed by atoms with Gasteiger partial charge in [-0.1, -0.05) is 60.7 Å². The van der Waals surface area contributed by atoms with Crippen molar-refractivity contribution in [2.24, 2.45) is 5.92 Å². The smallest absolute Gasteiger partial charge is 0.0951 e. The Kier molecular flexibility index (Phi) is 5.10. The number of nitrogens with one attached hydrogen (secondary N) is 2. The zero-order valence-corrected chi connectivity index (χ0v) is 17.9. The Morgan fingerprint density at radius 1 is 0.903 bits per heavy atom. The SMILES string of the molecule is c1ccc(C(c2ccccc2)C2NNC3CCN(Cc4cncn4C4CC4)CC32)cc1. The standard InChI is InChI=1S/C26H31N5/c1-3-7-19(8-4-1)25(20-9-5-2-6-10-20)26-23-17-30(14-13-24(23)28-29-26)16-22-15-27-18-31(22)21-11-12-21/h1-10,15,18,21,23-26,28-29H,11-14,16-17H2. The monoisotopic (exact) mass is 413 g/mol. The molecule has 31 heavy (non-hydrogen) atoms. The van der Waals surface area contributed by atoms with E-state index in [4.69, 9.17) is 0 Å². The van der Waals surface area contributed by atoms with Gasteiger partial charge in [0.15, 0.2) is 0 Å². The lowest BCUT2D eigenvalue weighted by atomic mass is 9.76. The van der Waals surface area contributed by atoms with Gasteiger partial charge in [-0.05, 0) is 30.4 Å². The maximum atomic E-state index is 4.45. The molecule has 6 rings (SSSR count). The van der Waals surface area contributed by atoms with Crippen molar-refractivity contribution in [3.05, 3.63) is 90.0 Å². The minimum absolute atomic E-state index is 0.335. The maximum Gasteiger partial charge on any atom is 0.0951 e. The van der Waals surface area contributed by atoms with E-state index in [9.17, 15) is 0 Å². The van der Waals surface area contributed by atoms with Gasteiger partial charge in [-0.3, -0.25) is 15.8 Å². The van der Waals surface area contributed by atoms with Gasteiger partial charge in [0.2, 0.25) is 0 Å². The number of hydrazine groups is 1. The molecular formula is C26H31N5. The van der Waals surface area contributed by atoms with Crippen LogP contribution >= 0.6 is 0 Å². The fourth-order valence-electron chi connectivity index (χ4n) is 5.67. The Morgan fingerprint density at radius 3 is 2.29 bits per heavy atom. The molecule has 2 aromatic carbocycles. The summed E-state index contributed by atoms with van der Waals surface area (Å²) in [7, 11) is 0. The van der Waals surface area contributed by atoms with Gasteiger partial charge in [0.05, 0.1) is 12.0 Å². The number of imidazole rings is 1. The Balaban J connectivity index is 1.26. The second-order valence-electron chi connectivity index (χ2n) is 9.43. The molecule has 2 saturated heterocycles. The normalized spacial score (nSPS) is 26.3. The van der Waals surface area contributed by atoms with Crippen LogP contribution in [0.15, 0.2) is 73.2 Å². The second-order valence-corrected chi connectivity index (χ2v) is 9.43. The van der Waals surface area contributed by atoms with Gasteiger partial charge in [-0.15, -0.1) is 0 Å². The lowest BCUT2D eigenvalue weighted by Gasteiger charge is -2.38. The van der Waals surface area contributed by atoms with E-state index in [0.717, 1.165) is 19.6 Å². The van der Waals surface area contributed by atoms with Crippen LogP contribution in [0.1, 0.15) is 48.0 Å². The van der Waals surface area contributed by atoms with Crippen molar-refractivity contribution in [3.63, 3.8) is 0 Å². The fraction of sp³-hybridized carbons (Fsp3) is 0.423. The van der Waals surface area contributed by atoms with Crippen molar-refractivity contribution in [3.8, 4) is 0 Å².